The lowest BCUT2D eigenvalue weighted by Gasteiger charge is -2.12. The van der Waals surface area contributed by atoms with Crippen LogP contribution in [0.4, 0.5) is 5.69 Å². The Bertz CT molecular complexity index is 590. The number of hydrogen-bond acceptors (Lipinski definition) is 2. The summed E-state index contributed by atoms with van der Waals surface area (Å²) < 4.78 is 0.865. The molecule has 2 aromatic carbocycles. The summed E-state index contributed by atoms with van der Waals surface area (Å²) in [5, 5.41) is 13.8. The van der Waals surface area contributed by atoms with Gasteiger partial charge in [0.05, 0.1) is 15.2 Å². The van der Waals surface area contributed by atoms with E-state index in [2.05, 4.69) is 21.2 Å². The summed E-state index contributed by atoms with van der Waals surface area (Å²) in [4.78, 5) is 0. The van der Waals surface area contributed by atoms with E-state index >= 15 is 0 Å². The molecule has 0 radical (unpaired) electrons. The summed E-state index contributed by atoms with van der Waals surface area (Å²) in [6.45, 7) is 4.49. The maximum absolute atomic E-state index is 9.75. The predicted molar refractivity (Wildman–Crippen MR) is 84.1 cm³/mol. The van der Waals surface area contributed by atoms with Crippen LogP contribution in [-0.4, -0.2) is 5.11 Å². The first kappa shape index (κ1) is 14.2. The fraction of sp³-hybridized carbons (Fsp3) is 0.200. The highest BCUT2D eigenvalue weighted by molar-refractivity contribution is 9.10. The Morgan fingerprint density at radius 2 is 1.84 bits per heavy atom. The van der Waals surface area contributed by atoms with E-state index in [9.17, 15) is 5.11 Å². The monoisotopic (exact) mass is 339 g/mol. The molecule has 0 unspecified atom stereocenters. The molecule has 100 valence electrons. The minimum atomic E-state index is 0.368. The van der Waals surface area contributed by atoms with Gasteiger partial charge in [0.25, 0.3) is 0 Å². The van der Waals surface area contributed by atoms with Crippen molar-refractivity contribution in [2.45, 2.75) is 20.4 Å². The lowest BCUT2D eigenvalue weighted by atomic mass is 10.1. The van der Waals surface area contributed by atoms with E-state index in [1.807, 2.05) is 44.2 Å². The molecule has 2 rings (SSSR count). The molecule has 2 N–H and O–H groups in total. The van der Waals surface area contributed by atoms with Crippen LogP contribution in [0.3, 0.4) is 0 Å². The lowest BCUT2D eigenvalue weighted by Crippen LogP contribution is -2.01. The summed E-state index contributed by atoms with van der Waals surface area (Å²) >= 11 is 9.51. The summed E-state index contributed by atoms with van der Waals surface area (Å²) in [7, 11) is 0. The number of hydrogen-bond donors (Lipinski definition) is 2. The minimum absolute atomic E-state index is 0.368. The van der Waals surface area contributed by atoms with Crippen molar-refractivity contribution in [2.24, 2.45) is 0 Å². The van der Waals surface area contributed by atoms with Crippen molar-refractivity contribution in [1.29, 1.82) is 0 Å². The molecule has 0 saturated heterocycles. The van der Waals surface area contributed by atoms with Gasteiger partial charge in [0.1, 0.15) is 5.75 Å². The number of nitrogens with one attached hydrogen (secondary N) is 1. The van der Waals surface area contributed by atoms with E-state index in [0.29, 0.717) is 17.3 Å². The van der Waals surface area contributed by atoms with E-state index < -0.39 is 0 Å². The smallest absolute Gasteiger partial charge is 0.121 e. The van der Waals surface area contributed by atoms with Crippen LogP contribution in [0, 0.1) is 13.8 Å². The number of rotatable bonds is 3. The van der Waals surface area contributed by atoms with E-state index in [-0.39, 0.29) is 0 Å². The molecule has 0 aliphatic heterocycles. The average molecular weight is 341 g/mol. The number of anilines is 1. The van der Waals surface area contributed by atoms with Gasteiger partial charge in [-0.2, -0.15) is 0 Å². The van der Waals surface area contributed by atoms with Crippen LogP contribution in [0.1, 0.15) is 16.7 Å². The van der Waals surface area contributed by atoms with Crippen LogP contribution in [0.15, 0.2) is 34.8 Å². The standard InChI is InChI=1S/C15H15BrClNO/c1-9-6-11(7-10(2)15(9)19)8-18-13-5-3-4-12(17)14(13)16/h3-7,18-19H,8H2,1-2H3. The molecular formula is C15H15BrClNO. The van der Waals surface area contributed by atoms with Crippen LogP contribution in [-0.2, 0) is 6.54 Å². The number of aromatic hydroxyl groups is 1. The van der Waals surface area contributed by atoms with E-state index in [4.69, 9.17) is 11.6 Å². The maximum Gasteiger partial charge on any atom is 0.121 e. The quantitative estimate of drug-likeness (QED) is 0.820. The third kappa shape index (κ3) is 3.23. The van der Waals surface area contributed by atoms with Crippen LogP contribution < -0.4 is 5.32 Å². The molecule has 0 saturated carbocycles. The fourth-order valence-electron chi connectivity index (χ4n) is 1.99. The largest absolute Gasteiger partial charge is 0.507 e. The zero-order valence-electron chi connectivity index (χ0n) is 10.8. The maximum atomic E-state index is 9.75. The Morgan fingerprint density at radius 3 is 2.47 bits per heavy atom. The second-order valence-electron chi connectivity index (χ2n) is 4.53. The zero-order valence-corrected chi connectivity index (χ0v) is 13.1. The molecule has 0 atom stereocenters. The highest BCUT2D eigenvalue weighted by atomic mass is 79.9. The van der Waals surface area contributed by atoms with E-state index in [1.165, 1.54) is 0 Å². The summed E-state index contributed by atoms with van der Waals surface area (Å²) in [6, 6.07) is 9.67. The van der Waals surface area contributed by atoms with Gasteiger partial charge in [0, 0.05) is 6.54 Å². The minimum Gasteiger partial charge on any atom is -0.507 e. The van der Waals surface area contributed by atoms with Gasteiger partial charge in [-0.15, -0.1) is 0 Å². The average Bonchev–Trinajstić information content (AvgIpc) is 2.37. The molecule has 4 heteroatoms. The first-order chi connectivity index (χ1) is 8.99. The molecule has 0 spiro atoms. The third-order valence-electron chi connectivity index (χ3n) is 2.99. The van der Waals surface area contributed by atoms with Gasteiger partial charge in [0.15, 0.2) is 0 Å². The lowest BCUT2D eigenvalue weighted by molar-refractivity contribution is 0.466. The second-order valence-corrected chi connectivity index (χ2v) is 5.73. The second kappa shape index (κ2) is 5.85. The van der Waals surface area contributed by atoms with E-state index in [0.717, 1.165) is 26.9 Å². The molecular weight excluding hydrogens is 326 g/mol. The summed E-state index contributed by atoms with van der Waals surface area (Å²) in [6.07, 6.45) is 0. The Hall–Kier alpha value is -1.19. The number of benzene rings is 2. The Balaban J connectivity index is 2.17. The molecule has 0 aromatic heterocycles. The van der Waals surface area contributed by atoms with Gasteiger partial charge in [-0.3, -0.25) is 0 Å². The van der Waals surface area contributed by atoms with Crippen molar-refractivity contribution in [2.75, 3.05) is 5.32 Å². The molecule has 0 fully saturated rings. The molecule has 0 bridgehead atoms. The van der Waals surface area contributed by atoms with Gasteiger partial charge < -0.3 is 10.4 Å². The van der Waals surface area contributed by atoms with Crippen LogP contribution in [0.5, 0.6) is 5.75 Å². The molecule has 0 aliphatic rings. The van der Waals surface area contributed by atoms with Crippen molar-refractivity contribution >= 4 is 33.2 Å². The number of halogens is 2. The van der Waals surface area contributed by atoms with Gasteiger partial charge in [-0.25, -0.2) is 0 Å². The van der Waals surface area contributed by atoms with Gasteiger partial charge in [-0.05, 0) is 58.6 Å². The van der Waals surface area contributed by atoms with Crippen LogP contribution >= 0.6 is 27.5 Å². The molecule has 2 aromatic rings. The SMILES string of the molecule is Cc1cc(CNc2cccc(Cl)c2Br)cc(C)c1O. The van der Waals surface area contributed by atoms with Crippen molar-refractivity contribution in [3.8, 4) is 5.75 Å². The molecule has 19 heavy (non-hydrogen) atoms. The highest BCUT2D eigenvalue weighted by Crippen LogP contribution is 2.30. The Labute approximate surface area is 126 Å². The highest BCUT2D eigenvalue weighted by Gasteiger charge is 2.06. The fourth-order valence-corrected chi connectivity index (χ4v) is 2.56. The van der Waals surface area contributed by atoms with Gasteiger partial charge in [-0.1, -0.05) is 29.8 Å². The van der Waals surface area contributed by atoms with Gasteiger partial charge in [0.2, 0.25) is 0 Å². The zero-order chi connectivity index (χ0) is 14.0. The first-order valence-corrected chi connectivity index (χ1v) is 7.13. The van der Waals surface area contributed by atoms with Crippen LogP contribution in [0.2, 0.25) is 5.02 Å². The summed E-state index contributed by atoms with van der Waals surface area (Å²) in [5.74, 6) is 0.368. The molecule has 2 nitrogen and oxygen atoms in total. The number of phenols is 1. The van der Waals surface area contributed by atoms with Crippen molar-refractivity contribution < 1.29 is 5.11 Å². The first-order valence-electron chi connectivity index (χ1n) is 5.96. The molecule has 0 aliphatic carbocycles. The topological polar surface area (TPSA) is 32.3 Å². The number of aryl methyl sites for hydroxylation is 2. The molecule has 0 heterocycles. The van der Waals surface area contributed by atoms with E-state index in [1.54, 1.807) is 0 Å². The van der Waals surface area contributed by atoms with Crippen molar-refractivity contribution in [3.63, 3.8) is 0 Å². The normalized spacial score (nSPS) is 10.5. The predicted octanol–water partition coefficient (Wildman–Crippen LogP) is 5.04. The third-order valence-corrected chi connectivity index (χ3v) is 4.38. The Morgan fingerprint density at radius 1 is 1.21 bits per heavy atom. The van der Waals surface area contributed by atoms with Crippen LogP contribution in [0.25, 0.3) is 0 Å². The van der Waals surface area contributed by atoms with Crippen molar-refractivity contribution in [1.82, 2.24) is 0 Å². The Kier molecular flexibility index (Phi) is 4.38. The van der Waals surface area contributed by atoms with Crippen molar-refractivity contribution in [3.05, 3.63) is 56.5 Å². The summed E-state index contributed by atoms with van der Waals surface area (Å²) in [5.41, 5.74) is 3.86. The van der Waals surface area contributed by atoms with Gasteiger partial charge >= 0.3 is 0 Å². The number of phenolic OH excluding ortho intramolecular Hbond substituents is 1. The molecule has 0 amide bonds.